The number of rotatable bonds is 8. The molecule has 1 unspecified atom stereocenters. The third kappa shape index (κ3) is 5.66. The predicted molar refractivity (Wildman–Crippen MR) is 69.9 cm³/mol. The zero-order chi connectivity index (χ0) is 14.9. The van der Waals surface area contributed by atoms with E-state index in [2.05, 4.69) is 18.2 Å². The quantitative estimate of drug-likeness (QED) is 0.239. The molecule has 5 heteroatoms. The average molecular weight is 267 g/mol. The summed E-state index contributed by atoms with van der Waals surface area (Å²) in [6.45, 7) is 6.86. The first-order chi connectivity index (χ1) is 8.91. The number of carbonyl (C=O) groups is 2. The lowest BCUT2D eigenvalue weighted by Gasteiger charge is -2.23. The van der Waals surface area contributed by atoms with E-state index in [0.29, 0.717) is 6.42 Å². The maximum Gasteiger partial charge on any atom is 0.355 e. The van der Waals surface area contributed by atoms with Crippen LogP contribution < -0.4 is 0 Å². The number of esters is 2. The van der Waals surface area contributed by atoms with Gasteiger partial charge in [0.15, 0.2) is 5.60 Å². The molecule has 0 heterocycles. The average Bonchev–Trinajstić information content (AvgIpc) is 2.42. The van der Waals surface area contributed by atoms with Gasteiger partial charge in [0, 0.05) is 0 Å². The highest BCUT2D eigenvalue weighted by atomic mass is 16.6. The van der Waals surface area contributed by atoms with Crippen molar-refractivity contribution in [2.45, 2.75) is 58.0 Å². The van der Waals surface area contributed by atoms with Crippen LogP contribution in [0.2, 0.25) is 0 Å². The Kier molecular flexibility index (Phi) is 7.69. The molecular formula is C14H21NO4. The lowest BCUT2D eigenvalue weighted by Crippen LogP contribution is -2.40. The van der Waals surface area contributed by atoms with Gasteiger partial charge in [-0.15, -0.1) is 0 Å². The van der Waals surface area contributed by atoms with Gasteiger partial charge in [-0.05, 0) is 19.3 Å². The van der Waals surface area contributed by atoms with Crippen LogP contribution >= 0.6 is 0 Å². The first kappa shape index (κ1) is 17.3. The van der Waals surface area contributed by atoms with Gasteiger partial charge in [-0.1, -0.05) is 39.7 Å². The van der Waals surface area contributed by atoms with E-state index in [0.717, 1.165) is 19.3 Å². The van der Waals surface area contributed by atoms with E-state index < -0.39 is 23.1 Å². The molecule has 0 saturated carbocycles. The Morgan fingerprint density at radius 3 is 2.42 bits per heavy atom. The van der Waals surface area contributed by atoms with Crippen LogP contribution in [0, 0.1) is 11.3 Å². The minimum atomic E-state index is -1.67. The van der Waals surface area contributed by atoms with Crippen molar-refractivity contribution in [2.75, 3.05) is 0 Å². The molecule has 0 aliphatic heterocycles. The molecule has 0 aliphatic rings. The number of hydrogen-bond donors (Lipinski definition) is 1. The zero-order valence-corrected chi connectivity index (χ0v) is 11.6. The molecule has 0 fully saturated rings. The van der Waals surface area contributed by atoms with Crippen molar-refractivity contribution < 1.29 is 19.4 Å². The highest BCUT2D eigenvalue weighted by molar-refractivity contribution is 6.00. The number of ether oxygens (including phenoxy) is 1. The van der Waals surface area contributed by atoms with E-state index in [1.54, 1.807) is 6.92 Å². The standard InChI is InChI=1S/C14H21NO4/c1-4-6-7-8-9-14(18,5-2)13(17)19-12(16)11(3)10-15/h18H,3-9H2,1-2H3. The van der Waals surface area contributed by atoms with Gasteiger partial charge in [0.2, 0.25) is 0 Å². The molecule has 19 heavy (non-hydrogen) atoms. The van der Waals surface area contributed by atoms with Crippen molar-refractivity contribution in [1.82, 2.24) is 0 Å². The number of nitriles is 1. The lowest BCUT2D eigenvalue weighted by molar-refractivity contribution is -0.173. The Morgan fingerprint density at radius 2 is 1.95 bits per heavy atom. The summed E-state index contributed by atoms with van der Waals surface area (Å²) in [6, 6.07) is 1.50. The Labute approximate surface area is 113 Å². The number of carbonyl (C=O) groups excluding carboxylic acids is 2. The topological polar surface area (TPSA) is 87.4 Å². The molecule has 0 aliphatic carbocycles. The second kappa shape index (κ2) is 8.44. The van der Waals surface area contributed by atoms with Crippen molar-refractivity contribution in [2.24, 2.45) is 0 Å². The van der Waals surface area contributed by atoms with Gasteiger partial charge in [0.1, 0.15) is 11.6 Å². The van der Waals surface area contributed by atoms with E-state index >= 15 is 0 Å². The Hall–Kier alpha value is -1.67. The van der Waals surface area contributed by atoms with Gasteiger partial charge < -0.3 is 9.84 Å². The molecule has 0 amide bonds. The number of unbranched alkanes of at least 4 members (excludes halogenated alkanes) is 3. The summed E-state index contributed by atoms with van der Waals surface area (Å²) in [5, 5.41) is 18.6. The van der Waals surface area contributed by atoms with Gasteiger partial charge in [-0.3, -0.25) is 0 Å². The third-order valence-electron chi connectivity index (χ3n) is 2.98. The Bertz CT molecular complexity index is 383. The lowest BCUT2D eigenvalue weighted by atomic mass is 9.93. The molecule has 0 bridgehead atoms. The van der Waals surface area contributed by atoms with Crippen LogP contribution in [-0.4, -0.2) is 22.6 Å². The van der Waals surface area contributed by atoms with Crippen LogP contribution in [-0.2, 0) is 14.3 Å². The third-order valence-corrected chi connectivity index (χ3v) is 2.98. The van der Waals surface area contributed by atoms with Crippen molar-refractivity contribution in [3.8, 4) is 6.07 Å². The Morgan fingerprint density at radius 1 is 1.32 bits per heavy atom. The van der Waals surface area contributed by atoms with Crippen LogP contribution in [0.5, 0.6) is 0 Å². The van der Waals surface area contributed by atoms with E-state index in [4.69, 9.17) is 5.26 Å². The highest BCUT2D eigenvalue weighted by Gasteiger charge is 2.36. The second-order valence-corrected chi connectivity index (χ2v) is 4.46. The van der Waals surface area contributed by atoms with Crippen molar-refractivity contribution >= 4 is 11.9 Å². The zero-order valence-electron chi connectivity index (χ0n) is 11.6. The van der Waals surface area contributed by atoms with Crippen LogP contribution in [0.25, 0.3) is 0 Å². The second-order valence-electron chi connectivity index (χ2n) is 4.46. The minimum absolute atomic E-state index is 0.157. The molecule has 0 saturated heterocycles. The van der Waals surface area contributed by atoms with E-state index in [9.17, 15) is 14.7 Å². The molecule has 106 valence electrons. The largest absolute Gasteiger partial charge is 0.387 e. The van der Waals surface area contributed by atoms with Gasteiger partial charge in [-0.2, -0.15) is 5.26 Å². The minimum Gasteiger partial charge on any atom is -0.387 e. The summed E-state index contributed by atoms with van der Waals surface area (Å²) in [4.78, 5) is 23.0. The first-order valence-corrected chi connectivity index (χ1v) is 6.49. The molecule has 0 aromatic heterocycles. The maximum atomic E-state index is 11.7. The summed E-state index contributed by atoms with van der Waals surface area (Å²) < 4.78 is 4.47. The van der Waals surface area contributed by atoms with Crippen LogP contribution in [0.15, 0.2) is 12.2 Å². The Balaban J connectivity index is 4.48. The van der Waals surface area contributed by atoms with Gasteiger partial charge >= 0.3 is 11.9 Å². The molecule has 0 aromatic carbocycles. The van der Waals surface area contributed by atoms with E-state index in [1.165, 1.54) is 6.07 Å². The van der Waals surface area contributed by atoms with Crippen molar-refractivity contribution in [3.63, 3.8) is 0 Å². The molecule has 0 radical (unpaired) electrons. The summed E-state index contributed by atoms with van der Waals surface area (Å²) >= 11 is 0. The van der Waals surface area contributed by atoms with Crippen molar-refractivity contribution in [3.05, 3.63) is 12.2 Å². The van der Waals surface area contributed by atoms with Gasteiger partial charge in [0.25, 0.3) is 0 Å². The molecule has 0 rings (SSSR count). The molecular weight excluding hydrogens is 246 g/mol. The summed E-state index contributed by atoms with van der Waals surface area (Å²) in [5.74, 6) is -2.11. The van der Waals surface area contributed by atoms with Crippen LogP contribution in [0.3, 0.4) is 0 Å². The SMILES string of the molecule is C=C(C#N)C(=O)OC(=O)C(O)(CC)CCCCCC. The highest BCUT2D eigenvalue weighted by Crippen LogP contribution is 2.21. The van der Waals surface area contributed by atoms with Crippen LogP contribution in [0.1, 0.15) is 52.4 Å². The molecule has 0 spiro atoms. The van der Waals surface area contributed by atoms with Gasteiger partial charge in [0.05, 0.1) is 0 Å². The number of aliphatic hydroxyl groups is 1. The number of hydrogen-bond acceptors (Lipinski definition) is 5. The predicted octanol–water partition coefficient (Wildman–Crippen LogP) is 2.25. The van der Waals surface area contributed by atoms with Gasteiger partial charge in [-0.25, -0.2) is 9.59 Å². The monoisotopic (exact) mass is 267 g/mol. The fraction of sp³-hybridized carbons (Fsp3) is 0.643. The summed E-state index contributed by atoms with van der Waals surface area (Å²) in [6.07, 6.45) is 4.07. The van der Waals surface area contributed by atoms with E-state index in [-0.39, 0.29) is 12.8 Å². The fourth-order valence-corrected chi connectivity index (χ4v) is 1.55. The molecule has 0 aromatic rings. The van der Waals surface area contributed by atoms with Crippen LogP contribution in [0.4, 0.5) is 0 Å². The van der Waals surface area contributed by atoms with Crippen molar-refractivity contribution in [1.29, 1.82) is 5.26 Å². The fourth-order valence-electron chi connectivity index (χ4n) is 1.55. The molecule has 1 N–H and O–H groups in total. The number of nitrogens with zero attached hydrogens (tertiary/aromatic N) is 1. The molecule has 5 nitrogen and oxygen atoms in total. The van der Waals surface area contributed by atoms with E-state index in [1.807, 2.05) is 0 Å². The smallest absolute Gasteiger partial charge is 0.355 e. The maximum absolute atomic E-state index is 11.7. The normalized spacial score (nSPS) is 13.2. The molecule has 1 atom stereocenters. The summed E-state index contributed by atoms with van der Waals surface area (Å²) in [5.41, 5.74) is -2.13. The summed E-state index contributed by atoms with van der Waals surface area (Å²) in [7, 11) is 0. The first-order valence-electron chi connectivity index (χ1n) is 6.49.